The average Bonchev–Trinajstić information content (AvgIpc) is 2.53. The van der Waals surface area contributed by atoms with Gasteiger partial charge in [-0.3, -0.25) is 0 Å². The molecule has 3 heteroatoms. The molecule has 0 saturated carbocycles. The van der Waals surface area contributed by atoms with Crippen LogP contribution in [-0.2, 0) is 14.2 Å². The molecule has 1 atom stereocenters. The fourth-order valence-electron chi connectivity index (χ4n) is 1.17. The molecule has 1 heterocycles. The second-order valence-electron chi connectivity index (χ2n) is 3.49. The van der Waals surface area contributed by atoms with Crippen molar-refractivity contribution in [3.63, 3.8) is 0 Å². The van der Waals surface area contributed by atoms with Gasteiger partial charge < -0.3 is 14.2 Å². The van der Waals surface area contributed by atoms with Crippen molar-refractivity contribution in [2.45, 2.75) is 32.7 Å². The molecule has 76 valence electrons. The minimum absolute atomic E-state index is 0.0693. The zero-order valence-electron chi connectivity index (χ0n) is 8.41. The minimum Gasteiger partial charge on any atom is -0.374 e. The smallest absolute Gasteiger partial charge is 0.160 e. The molecule has 0 bridgehead atoms. The fraction of sp³-hybridized carbons (Fsp3) is 0.800. The Morgan fingerprint density at radius 2 is 2.15 bits per heavy atom. The number of hydrogen-bond donors (Lipinski definition) is 0. The summed E-state index contributed by atoms with van der Waals surface area (Å²) in [5.74, 6) is 0. The maximum Gasteiger partial charge on any atom is 0.160 e. The van der Waals surface area contributed by atoms with Gasteiger partial charge in [-0.05, 0) is 13.8 Å². The maximum absolute atomic E-state index is 5.51. The average molecular weight is 186 g/mol. The number of ether oxygens (including phenoxy) is 3. The lowest BCUT2D eigenvalue weighted by Crippen LogP contribution is -2.19. The summed E-state index contributed by atoms with van der Waals surface area (Å²) in [6.45, 7) is 9.78. The normalized spacial score (nSPS) is 20.5. The summed E-state index contributed by atoms with van der Waals surface area (Å²) in [6, 6.07) is 0. The Morgan fingerprint density at radius 1 is 1.54 bits per heavy atom. The van der Waals surface area contributed by atoms with Gasteiger partial charge in [-0.15, -0.1) is 0 Å². The second-order valence-corrected chi connectivity index (χ2v) is 3.49. The fourth-order valence-corrected chi connectivity index (χ4v) is 1.17. The van der Waals surface area contributed by atoms with Crippen LogP contribution in [0.2, 0.25) is 0 Å². The first kappa shape index (κ1) is 10.7. The summed E-state index contributed by atoms with van der Waals surface area (Å²) in [7, 11) is 0. The summed E-state index contributed by atoms with van der Waals surface area (Å²) in [4.78, 5) is 0. The SMILES string of the molecule is C=C(C)COC(C)CC1OCCO1. The van der Waals surface area contributed by atoms with E-state index >= 15 is 0 Å². The van der Waals surface area contributed by atoms with Crippen molar-refractivity contribution in [1.29, 1.82) is 0 Å². The zero-order chi connectivity index (χ0) is 9.68. The third-order valence-corrected chi connectivity index (χ3v) is 1.83. The van der Waals surface area contributed by atoms with Gasteiger partial charge in [0.25, 0.3) is 0 Å². The van der Waals surface area contributed by atoms with Crippen molar-refractivity contribution >= 4 is 0 Å². The van der Waals surface area contributed by atoms with E-state index in [4.69, 9.17) is 14.2 Å². The van der Waals surface area contributed by atoms with Crippen LogP contribution in [0.15, 0.2) is 12.2 Å². The molecule has 0 amide bonds. The molecule has 1 aliphatic heterocycles. The molecule has 0 aliphatic carbocycles. The van der Waals surface area contributed by atoms with Crippen LogP contribution in [0.1, 0.15) is 20.3 Å². The first-order valence-electron chi connectivity index (χ1n) is 4.67. The Labute approximate surface area is 79.7 Å². The summed E-state index contributed by atoms with van der Waals surface area (Å²) < 4.78 is 16.1. The minimum atomic E-state index is -0.0693. The van der Waals surface area contributed by atoms with Gasteiger partial charge in [-0.1, -0.05) is 12.2 Å². The lowest BCUT2D eigenvalue weighted by molar-refractivity contribution is -0.0774. The number of hydrogen-bond acceptors (Lipinski definition) is 3. The lowest BCUT2D eigenvalue weighted by Gasteiger charge is -2.16. The Bertz CT molecular complexity index is 162. The van der Waals surface area contributed by atoms with Crippen LogP contribution in [0.3, 0.4) is 0 Å². The Balaban J connectivity index is 2.09. The predicted octanol–water partition coefficient (Wildman–Crippen LogP) is 1.73. The molecule has 0 spiro atoms. The van der Waals surface area contributed by atoms with Crippen LogP contribution in [0.4, 0.5) is 0 Å². The van der Waals surface area contributed by atoms with Crippen molar-refractivity contribution in [3.8, 4) is 0 Å². The molecule has 0 radical (unpaired) electrons. The molecule has 1 saturated heterocycles. The molecule has 1 fully saturated rings. The number of rotatable bonds is 5. The van der Waals surface area contributed by atoms with Crippen LogP contribution in [0.5, 0.6) is 0 Å². The standard InChI is InChI=1S/C10H18O3/c1-8(2)7-13-9(3)6-10-11-4-5-12-10/h9-10H,1,4-7H2,2-3H3. The van der Waals surface area contributed by atoms with E-state index in [0.717, 1.165) is 12.0 Å². The van der Waals surface area contributed by atoms with E-state index < -0.39 is 0 Å². The third-order valence-electron chi connectivity index (χ3n) is 1.83. The topological polar surface area (TPSA) is 27.7 Å². The Hall–Kier alpha value is -0.380. The van der Waals surface area contributed by atoms with Crippen molar-refractivity contribution < 1.29 is 14.2 Å². The predicted molar refractivity (Wildman–Crippen MR) is 50.5 cm³/mol. The van der Waals surface area contributed by atoms with Gasteiger partial charge in [0, 0.05) is 6.42 Å². The first-order valence-corrected chi connectivity index (χ1v) is 4.67. The van der Waals surface area contributed by atoms with Gasteiger partial charge in [0.2, 0.25) is 0 Å². The quantitative estimate of drug-likeness (QED) is 0.612. The van der Waals surface area contributed by atoms with E-state index in [1.54, 1.807) is 0 Å². The molecule has 13 heavy (non-hydrogen) atoms. The highest BCUT2D eigenvalue weighted by atomic mass is 16.7. The van der Waals surface area contributed by atoms with Crippen LogP contribution in [0.25, 0.3) is 0 Å². The van der Waals surface area contributed by atoms with E-state index in [-0.39, 0.29) is 12.4 Å². The molecule has 0 N–H and O–H groups in total. The van der Waals surface area contributed by atoms with Gasteiger partial charge in [-0.25, -0.2) is 0 Å². The van der Waals surface area contributed by atoms with E-state index in [2.05, 4.69) is 6.58 Å². The molecular formula is C10H18O3. The van der Waals surface area contributed by atoms with Crippen molar-refractivity contribution in [2.75, 3.05) is 19.8 Å². The van der Waals surface area contributed by atoms with Gasteiger partial charge in [-0.2, -0.15) is 0 Å². The molecule has 1 unspecified atom stereocenters. The highest BCUT2D eigenvalue weighted by Gasteiger charge is 2.18. The van der Waals surface area contributed by atoms with E-state index in [9.17, 15) is 0 Å². The van der Waals surface area contributed by atoms with Crippen LogP contribution < -0.4 is 0 Å². The Morgan fingerprint density at radius 3 is 2.69 bits per heavy atom. The summed E-state index contributed by atoms with van der Waals surface area (Å²) >= 11 is 0. The van der Waals surface area contributed by atoms with E-state index in [0.29, 0.717) is 19.8 Å². The Kier molecular flexibility index (Phi) is 4.42. The molecule has 1 rings (SSSR count). The molecule has 0 aromatic heterocycles. The summed E-state index contributed by atoms with van der Waals surface area (Å²) in [6.07, 6.45) is 0.896. The highest BCUT2D eigenvalue weighted by Crippen LogP contribution is 2.12. The van der Waals surface area contributed by atoms with Crippen LogP contribution in [0, 0.1) is 0 Å². The molecule has 0 aromatic carbocycles. The molecule has 1 aliphatic rings. The van der Waals surface area contributed by atoms with Crippen LogP contribution >= 0.6 is 0 Å². The van der Waals surface area contributed by atoms with Gasteiger partial charge in [0.1, 0.15) is 0 Å². The lowest BCUT2D eigenvalue weighted by atomic mass is 10.2. The van der Waals surface area contributed by atoms with Crippen molar-refractivity contribution in [1.82, 2.24) is 0 Å². The van der Waals surface area contributed by atoms with E-state index in [1.165, 1.54) is 0 Å². The highest BCUT2D eigenvalue weighted by molar-refractivity contribution is 4.87. The van der Waals surface area contributed by atoms with Gasteiger partial charge >= 0.3 is 0 Å². The van der Waals surface area contributed by atoms with Crippen molar-refractivity contribution in [3.05, 3.63) is 12.2 Å². The van der Waals surface area contributed by atoms with Gasteiger partial charge in [0.15, 0.2) is 6.29 Å². The van der Waals surface area contributed by atoms with Crippen LogP contribution in [-0.4, -0.2) is 32.2 Å². The molecule has 3 nitrogen and oxygen atoms in total. The molecule has 0 aromatic rings. The second kappa shape index (κ2) is 5.37. The van der Waals surface area contributed by atoms with E-state index in [1.807, 2.05) is 13.8 Å². The third kappa shape index (κ3) is 4.41. The van der Waals surface area contributed by atoms with Crippen molar-refractivity contribution in [2.24, 2.45) is 0 Å². The largest absolute Gasteiger partial charge is 0.374 e. The van der Waals surface area contributed by atoms with Gasteiger partial charge in [0.05, 0.1) is 25.9 Å². The summed E-state index contributed by atoms with van der Waals surface area (Å²) in [5.41, 5.74) is 1.04. The molecular weight excluding hydrogens is 168 g/mol. The summed E-state index contributed by atoms with van der Waals surface area (Å²) in [5, 5.41) is 0. The maximum atomic E-state index is 5.51. The monoisotopic (exact) mass is 186 g/mol. The first-order chi connectivity index (χ1) is 6.18. The zero-order valence-corrected chi connectivity index (χ0v) is 8.41.